The second-order valence-electron chi connectivity index (χ2n) is 5.38. The lowest BCUT2D eigenvalue weighted by Crippen LogP contribution is -2.53. The quantitative estimate of drug-likeness (QED) is 0.582. The molecule has 0 aliphatic rings. The average Bonchev–Trinajstić information content (AvgIpc) is 2.51. The Bertz CT molecular complexity index is 619. The first-order chi connectivity index (χ1) is 11.3. The standard InChI is InChI=1S/C17H22FN3O3/c1-3-4-9-14(16(19)23)21-17(24)15(20-11(2)22)10-12-7-5-6-8-13(12)18/h3,5-8,14-15H,1,4,9-10H2,2H3,(H2,19,23)(H,20,22)(H,21,24)/t14-,15+/m0/s1. The number of nitrogens with two attached hydrogens (primary N) is 1. The number of nitrogens with one attached hydrogen (secondary N) is 2. The third-order valence-electron chi connectivity index (χ3n) is 3.40. The molecule has 0 spiro atoms. The number of allylic oxidation sites excluding steroid dienone is 1. The van der Waals surface area contributed by atoms with Gasteiger partial charge in [-0.05, 0) is 24.5 Å². The van der Waals surface area contributed by atoms with Crippen LogP contribution in [0.25, 0.3) is 0 Å². The second kappa shape index (κ2) is 9.44. The van der Waals surface area contributed by atoms with E-state index < -0.39 is 35.6 Å². The minimum Gasteiger partial charge on any atom is -0.368 e. The fourth-order valence-corrected chi connectivity index (χ4v) is 2.18. The molecule has 4 N–H and O–H groups in total. The molecule has 1 aromatic rings. The fraction of sp³-hybridized carbons (Fsp3) is 0.353. The molecule has 130 valence electrons. The summed E-state index contributed by atoms with van der Waals surface area (Å²) in [4.78, 5) is 35.2. The van der Waals surface area contributed by atoms with Crippen molar-refractivity contribution in [3.8, 4) is 0 Å². The van der Waals surface area contributed by atoms with Crippen LogP contribution in [-0.4, -0.2) is 29.8 Å². The van der Waals surface area contributed by atoms with Crippen LogP contribution in [0, 0.1) is 5.82 Å². The molecule has 1 rings (SSSR count). The molecule has 0 saturated carbocycles. The van der Waals surface area contributed by atoms with E-state index in [4.69, 9.17) is 5.73 Å². The Balaban J connectivity index is 2.87. The van der Waals surface area contributed by atoms with E-state index in [1.165, 1.54) is 25.1 Å². The van der Waals surface area contributed by atoms with Gasteiger partial charge in [0.2, 0.25) is 17.7 Å². The van der Waals surface area contributed by atoms with Crippen LogP contribution < -0.4 is 16.4 Å². The van der Waals surface area contributed by atoms with E-state index in [2.05, 4.69) is 17.2 Å². The number of primary amides is 1. The van der Waals surface area contributed by atoms with Gasteiger partial charge in [-0.2, -0.15) is 0 Å². The van der Waals surface area contributed by atoms with Gasteiger partial charge < -0.3 is 16.4 Å². The smallest absolute Gasteiger partial charge is 0.243 e. The Hall–Kier alpha value is -2.70. The summed E-state index contributed by atoms with van der Waals surface area (Å²) in [6.45, 7) is 4.80. The molecular formula is C17H22FN3O3. The molecule has 0 heterocycles. The van der Waals surface area contributed by atoms with E-state index in [-0.39, 0.29) is 12.0 Å². The van der Waals surface area contributed by atoms with Crippen molar-refractivity contribution < 1.29 is 18.8 Å². The second-order valence-corrected chi connectivity index (χ2v) is 5.38. The Labute approximate surface area is 140 Å². The fourth-order valence-electron chi connectivity index (χ4n) is 2.18. The SMILES string of the molecule is C=CCC[C@H](NC(=O)[C@@H](Cc1ccccc1F)NC(C)=O)C(N)=O. The maximum absolute atomic E-state index is 13.8. The van der Waals surface area contributed by atoms with Gasteiger partial charge in [-0.15, -0.1) is 6.58 Å². The number of amides is 3. The van der Waals surface area contributed by atoms with E-state index in [1.807, 2.05) is 0 Å². The van der Waals surface area contributed by atoms with Crippen LogP contribution >= 0.6 is 0 Å². The van der Waals surface area contributed by atoms with E-state index in [9.17, 15) is 18.8 Å². The highest BCUT2D eigenvalue weighted by Crippen LogP contribution is 2.10. The molecule has 0 fully saturated rings. The zero-order valence-corrected chi connectivity index (χ0v) is 13.5. The maximum Gasteiger partial charge on any atom is 0.243 e. The number of carbonyl (C=O) groups is 3. The first-order valence-corrected chi connectivity index (χ1v) is 7.56. The zero-order valence-electron chi connectivity index (χ0n) is 13.5. The predicted octanol–water partition coefficient (Wildman–Crippen LogP) is 0.809. The molecule has 1 aromatic carbocycles. The molecule has 0 aliphatic carbocycles. The average molecular weight is 335 g/mol. The number of benzene rings is 1. The van der Waals surface area contributed by atoms with Crippen molar-refractivity contribution in [1.82, 2.24) is 10.6 Å². The van der Waals surface area contributed by atoms with Crippen LogP contribution in [0.2, 0.25) is 0 Å². The summed E-state index contributed by atoms with van der Waals surface area (Å²) in [6.07, 6.45) is 2.36. The molecular weight excluding hydrogens is 313 g/mol. The van der Waals surface area contributed by atoms with Crippen molar-refractivity contribution in [2.75, 3.05) is 0 Å². The summed E-state index contributed by atoms with van der Waals surface area (Å²) in [5.74, 6) is -2.19. The van der Waals surface area contributed by atoms with Crippen molar-refractivity contribution in [2.24, 2.45) is 5.73 Å². The summed E-state index contributed by atoms with van der Waals surface area (Å²) in [7, 11) is 0. The number of carbonyl (C=O) groups excluding carboxylic acids is 3. The molecule has 6 nitrogen and oxygen atoms in total. The number of rotatable bonds is 9. The van der Waals surface area contributed by atoms with Crippen LogP contribution in [0.3, 0.4) is 0 Å². The van der Waals surface area contributed by atoms with Crippen LogP contribution in [0.1, 0.15) is 25.3 Å². The maximum atomic E-state index is 13.8. The Morgan fingerprint density at radius 3 is 2.46 bits per heavy atom. The number of hydrogen-bond acceptors (Lipinski definition) is 3. The highest BCUT2D eigenvalue weighted by Gasteiger charge is 2.25. The third kappa shape index (κ3) is 6.20. The van der Waals surface area contributed by atoms with Gasteiger partial charge in [-0.1, -0.05) is 24.3 Å². The van der Waals surface area contributed by atoms with E-state index in [0.717, 1.165) is 0 Å². The van der Waals surface area contributed by atoms with Crippen molar-refractivity contribution in [2.45, 2.75) is 38.3 Å². The third-order valence-corrected chi connectivity index (χ3v) is 3.40. The van der Waals surface area contributed by atoms with Crippen LogP contribution in [-0.2, 0) is 20.8 Å². The van der Waals surface area contributed by atoms with Crippen LogP contribution in [0.5, 0.6) is 0 Å². The van der Waals surface area contributed by atoms with Gasteiger partial charge in [0.1, 0.15) is 17.9 Å². The van der Waals surface area contributed by atoms with Crippen LogP contribution in [0.4, 0.5) is 4.39 Å². The lowest BCUT2D eigenvalue weighted by Gasteiger charge is -2.21. The van der Waals surface area contributed by atoms with Gasteiger partial charge in [0.25, 0.3) is 0 Å². The van der Waals surface area contributed by atoms with Gasteiger partial charge in [0.15, 0.2) is 0 Å². The summed E-state index contributed by atoms with van der Waals surface area (Å²) in [6, 6.07) is 4.08. The Morgan fingerprint density at radius 2 is 1.92 bits per heavy atom. The minimum atomic E-state index is -1.01. The van der Waals surface area contributed by atoms with Crippen molar-refractivity contribution in [3.05, 3.63) is 48.3 Å². The van der Waals surface area contributed by atoms with Crippen molar-refractivity contribution in [3.63, 3.8) is 0 Å². The molecule has 0 radical (unpaired) electrons. The van der Waals surface area contributed by atoms with Crippen LogP contribution in [0.15, 0.2) is 36.9 Å². The Kier molecular flexibility index (Phi) is 7.61. The van der Waals surface area contributed by atoms with E-state index >= 15 is 0 Å². The minimum absolute atomic E-state index is 0.0367. The summed E-state index contributed by atoms with van der Waals surface area (Å²) >= 11 is 0. The molecule has 24 heavy (non-hydrogen) atoms. The monoisotopic (exact) mass is 335 g/mol. The lowest BCUT2D eigenvalue weighted by atomic mass is 10.0. The first-order valence-electron chi connectivity index (χ1n) is 7.56. The summed E-state index contributed by atoms with van der Waals surface area (Å²) in [5.41, 5.74) is 5.55. The normalized spacial score (nSPS) is 12.8. The molecule has 7 heteroatoms. The van der Waals surface area contributed by atoms with Gasteiger partial charge in [0, 0.05) is 13.3 Å². The van der Waals surface area contributed by atoms with Gasteiger partial charge >= 0.3 is 0 Å². The molecule has 0 aliphatic heterocycles. The predicted molar refractivity (Wildman–Crippen MR) is 88.3 cm³/mol. The first kappa shape index (κ1) is 19.3. The highest BCUT2D eigenvalue weighted by atomic mass is 19.1. The molecule has 0 bridgehead atoms. The van der Waals surface area contributed by atoms with E-state index in [1.54, 1.807) is 12.1 Å². The lowest BCUT2D eigenvalue weighted by molar-refractivity contribution is -0.130. The highest BCUT2D eigenvalue weighted by molar-refractivity contribution is 5.91. The molecule has 0 aromatic heterocycles. The molecule has 3 amide bonds. The molecule has 2 atom stereocenters. The summed E-state index contributed by atoms with van der Waals surface area (Å²) in [5, 5.41) is 4.96. The van der Waals surface area contributed by atoms with E-state index in [0.29, 0.717) is 12.8 Å². The van der Waals surface area contributed by atoms with Crippen molar-refractivity contribution in [1.29, 1.82) is 0 Å². The van der Waals surface area contributed by atoms with Crippen molar-refractivity contribution >= 4 is 17.7 Å². The van der Waals surface area contributed by atoms with Gasteiger partial charge in [0.05, 0.1) is 0 Å². The topological polar surface area (TPSA) is 101 Å². The summed E-state index contributed by atoms with van der Waals surface area (Å²) < 4.78 is 13.8. The largest absolute Gasteiger partial charge is 0.368 e. The zero-order chi connectivity index (χ0) is 18.1. The number of halogens is 1. The Morgan fingerprint density at radius 1 is 1.25 bits per heavy atom. The van der Waals surface area contributed by atoms with Gasteiger partial charge in [-0.25, -0.2) is 4.39 Å². The van der Waals surface area contributed by atoms with Gasteiger partial charge in [-0.3, -0.25) is 14.4 Å². The number of hydrogen-bond donors (Lipinski definition) is 3. The molecule has 0 saturated heterocycles. The molecule has 0 unspecified atom stereocenters.